The van der Waals surface area contributed by atoms with Crippen molar-refractivity contribution in [1.82, 2.24) is 9.97 Å². The first-order valence-corrected chi connectivity index (χ1v) is 5.86. The van der Waals surface area contributed by atoms with Gasteiger partial charge in [-0.25, -0.2) is 4.98 Å². The normalized spacial score (nSPS) is 18.7. The quantitative estimate of drug-likeness (QED) is 0.817. The highest BCUT2D eigenvalue weighted by Gasteiger charge is 2.30. The van der Waals surface area contributed by atoms with Crippen molar-refractivity contribution in [2.75, 3.05) is 11.9 Å². The molecular formula is C12H19N3O. The molecule has 4 nitrogen and oxygen atoms in total. The molecule has 0 aliphatic heterocycles. The minimum atomic E-state index is -0.541. The van der Waals surface area contributed by atoms with Crippen LogP contribution in [0.3, 0.4) is 0 Å². The molecule has 2 N–H and O–H groups in total. The highest BCUT2D eigenvalue weighted by Crippen LogP contribution is 2.29. The van der Waals surface area contributed by atoms with E-state index in [0.717, 1.165) is 42.9 Å². The van der Waals surface area contributed by atoms with E-state index in [2.05, 4.69) is 15.3 Å². The molecular weight excluding hydrogens is 202 g/mol. The summed E-state index contributed by atoms with van der Waals surface area (Å²) in [5.41, 5.74) is 1.34. The molecule has 0 radical (unpaired) electrons. The molecule has 0 aromatic carbocycles. The summed E-state index contributed by atoms with van der Waals surface area (Å²) in [7, 11) is 0. The zero-order valence-electron chi connectivity index (χ0n) is 9.95. The molecule has 1 aromatic heterocycles. The molecule has 1 saturated carbocycles. The second-order valence-corrected chi connectivity index (χ2v) is 4.71. The largest absolute Gasteiger partial charge is 0.388 e. The SMILES string of the molecule is Cc1ncc(NCC2(O)CCCC2)nc1C. The Morgan fingerprint density at radius 3 is 2.62 bits per heavy atom. The molecule has 1 heterocycles. The molecule has 0 bridgehead atoms. The second kappa shape index (κ2) is 4.37. The summed E-state index contributed by atoms with van der Waals surface area (Å²) in [5, 5.41) is 13.3. The Balaban J connectivity index is 1.96. The van der Waals surface area contributed by atoms with Crippen molar-refractivity contribution in [2.24, 2.45) is 0 Å². The number of rotatable bonds is 3. The zero-order chi connectivity index (χ0) is 11.6. The van der Waals surface area contributed by atoms with E-state index in [-0.39, 0.29) is 0 Å². The van der Waals surface area contributed by atoms with Crippen LogP contribution in [-0.4, -0.2) is 27.2 Å². The third-order valence-corrected chi connectivity index (χ3v) is 3.33. The van der Waals surface area contributed by atoms with E-state index in [1.165, 1.54) is 0 Å². The first-order chi connectivity index (χ1) is 7.59. The van der Waals surface area contributed by atoms with Crippen molar-refractivity contribution >= 4 is 5.82 Å². The van der Waals surface area contributed by atoms with Gasteiger partial charge in [-0.2, -0.15) is 0 Å². The Kier molecular flexibility index (Phi) is 3.10. The fourth-order valence-corrected chi connectivity index (χ4v) is 2.09. The number of aryl methyl sites for hydroxylation is 2. The number of nitrogens with one attached hydrogen (secondary N) is 1. The van der Waals surface area contributed by atoms with Crippen LogP contribution in [0.2, 0.25) is 0 Å². The van der Waals surface area contributed by atoms with Crippen molar-refractivity contribution in [1.29, 1.82) is 0 Å². The zero-order valence-corrected chi connectivity index (χ0v) is 9.95. The predicted molar refractivity (Wildman–Crippen MR) is 63.4 cm³/mol. The molecule has 0 atom stereocenters. The average molecular weight is 221 g/mol. The molecule has 4 heteroatoms. The van der Waals surface area contributed by atoms with E-state index >= 15 is 0 Å². The smallest absolute Gasteiger partial charge is 0.144 e. The Labute approximate surface area is 96.1 Å². The Morgan fingerprint density at radius 1 is 1.31 bits per heavy atom. The van der Waals surface area contributed by atoms with Gasteiger partial charge in [-0.15, -0.1) is 0 Å². The van der Waals surface area contributed by atoms with Gasteiger partial charge in [-0.3, -0.25) is 4.98 Å². The van der Waals surface area contributed by atoms with Gasteiger partial charge in [-0.05, 0) is 26.7 Å². The summed E-state index contributed by atoms with van der Waals surface area (Å²) in [6.07, 6.45) is 5.74. The summed E-state index contributed by atoms with van der Waals surface area (Å²) < 4.78 is 0. The van der Waals surface area contributed by atoms with E-state index < -0.39 is 5.60 Å². The number of hydrogen-bond acceptors (Lipinski definition) is 4. The molecule has 0 saturated heterocycles. The van der Waals surface area contributed by atoms with Gasteiger partial charge in [0.1, 0.15) is 5.82 Å². The van der Waals surface area contributed by atoms with Gasteiger partial charge in [0.05, 0.1) is 23.2 Å². The molecule has 1 aromatic rings. The standard InChI is InChI=1S/C12H19N3O/c1-9-10(2)15-11(7-13-9)14-8-12(16)5-3-4-6-12/h7,16H,3-6,8H2,1-2H3,(H,14,15). The van der Waals surface area contributed by atoms with Crippen LogP contribution >= 0.6 is 0 Å². The topological polar surface area (TPSA) is 58.0 Å². The van der Waals surface area contributed by atoms with E-state index in [9.17, 15) is 5.11 Å². The van der Waals surface area contributed by atoms with Gasteiger partial charge in [-0.1, -0.05) is 12.8 Å². The summed E-state index contributed by atoms with van der Waals surface area (Å²) in [5.74, 6) is 0.753. The fraction of sp³-hybridized carbons (Fsp3) is 0.667. The van der Waals surface area contributed by atoms with Crippen LogP contribution in [0.4, 0.5) is 5.82 Å². The lowest BCUT2D eigenvalue weighted by Crippen LogP contribution is -2.33. The van der Waals surface area contributed by atoms with Crippen LogP contribution < -0.4 is 5.32 Å². The van der Waals surface area contributed by atoms with Crippen LogP contribution in [0.15, 0.2) is 6.20 Å². The maximum absolute atomic E-state index is 10.2. The molecule has 2 rings (SSSR count). The van der Waals surface area contributed by atoms with Gasteiger partial charge in [0.2, 0.25) is 0 Å². The summed E-state index contributed by atoms with van der Waals surface area (Å²) >= 11 is 0. The maximum atomic E-state index is 10.2. The van der Waals surface area contributed by atoms with Crippen LogP contribution in [0.5, 0.6) is 0 Å². The summed E-state index contributed by atoms with van der Waals surface area (Å²) in [4.78, 5) is 8.62. The number of nitrogens with zero attached hydrogens (tertiary/aromatic N) is 2. The van der Waals surface area contributed by atoms with E-state index in [1.807, 2.05) is 13.8 Å². The van der Waals surface area contributed by atoms with Gasteiger partial charge in [0.25, 0.3) is 0 Å². The van der Waals surface area contributed by atoms with Crippen molar-refractivity contribution in [3.05, 3.63) is 17.6 Å². The van der Waals surface area contributed by atoms with E-state index in [0.29, 0.717) is 6.54 Å². The van der Waals surface area contributed by atoms with Gasteiger partial charge >= 0.3 is 0 Å². The van der Waals surface area contributed by atoms with Crippen LogP contribution in [0.25, 0.3) is 0 Å². The maximum Gasteiger partial charge on any atom is 0.144 e. The molecule has 1 aliphatic carbocycles. The molecule has 1 fully saturated rings. The minimum absolute atomic E-state index is 0.541. The Bertz CT molecular complexity index is 373. The molecule has 0 amide bonds. The third kappa shape index (κ3) is 2.50. The third-order valence-electron chi connectivity index (χ3n) is 3.33. The first-order valence-electron chi connectivity index (χ1n) is 5.86. The Morgan fingerprint density at radius 2 is 2.00 bits per heavy atom. The van der Waals surface area contributed by atoms with E-state index in [4.69, 9.17) is 0 Å². The predicted octanol–water partition coefficient (Wildman–Crippen LogP) is 1.81. The van der Waals surface area contributed by atoms with Crippen molar-refractivity contribution in [3.63, 3.8) is 0 Å². The van der Waals surface area contributed by atoms with E-state index in [1.54, 1.807) is 6.20 Å². The van der Waals surface area contributed by atoms with Gasteiger partial charge in [0, 0.05) is 6.54 Å². The lowest BCUT2D eigenvalue weighted by atomic mass is 10.0. The molecule has 0 spiro atoms. The monoisotopic (exact) mass is 221 g/mol. The number of aromatic nitrogens is 2. The summed E-state index contributed by atoms with van der Waals surface area (Å²) in [6.45, 7) is 4.46. The fourth-order valence-electron chi connectivity index (χ4n) is 2.09. The number of hydrogen-bond donors (Lipinski definition) is 2. The van der Waals surface area contributed by atoms with Crippen LogP contribution in [-0.2, 0) is 0 Å². The van der Waals surface area contributed by atoms with Gasteiger partial charge in [0.15, 0.2) is 0 Å². The summed E-state index contributed by atoms with van der Waals surface area (Å²) in [6, 6.07) is 0. The molecule has 88 valence electrons. The lowest BCUT2D eigenvalue weighted by Gasteiger charge is -2.22. The minimum Gasteiger partial charge on any atom is -0.388 e. The number of anilines is 1. The van der Waals surface area contributed by atoms with Crippen LogP contribution in [0, 0.1) is 13.8 Å². The highest BCUT2D eigenvalue weighted by molar-refractivity contribution is 5.33. The molecule has 16 heavy (non-hydrogen) atoms. The van der Waals surface area contributed by atoms with Crippen molar-refractivity contribution in [2.45, 2.75) is 45.1 Å². The molecule has 1 aliphatic rings. The van der Waals surface area contributed by atoms with Gasteiger partial charge < -0.3 is 10.4 Å². The number of aliphatic hydroxyl groups is 1. The first kappa shape index (κ1) is 11.3. The second-order valence-electron chi connectivity index (χ2n) is 4.71. The van der Waals surface area contributed by atoms with Crippen LogP contribution in [0.1, 0.15) is 37.1 Å². The van der Waals surface area contributed by atoms with Crippen molar-refractivity contribution < 1.29 is 5.11 Å². The highest BCUT2D eigenvalue weighted by atomic mass is 16.3. The Hall–Kier alpha value is -1.16. The van der Waals surface area contributed by atoms with Crippen molar-refractivity contribution in [3.8, 4) is 0 Å². The average Bonchev–Trinajstić information content (AvgIpc) is 2.68. The molecule has 0 unspecified atom stereocenters. The lowest BCUT2D eigenvalue weighted by molar-refractivity contribution is 0.0614.